The number of nitrogens with one attached hydrogen (secondary N) is 2. The molecule has 8 nitrogen and oxygen atoms in total. The van der Waals surface area contributed by atoms with Crippen LogP contribution in [-0.4, -0.2) is 62.1 Å². The highest BCUT2D eigenvalue weighted by Gasteiger charge is 2.30. The number of carbonyl (C=O) groups excluding carboxylic acids is 2. The van der Waals surface area contributed by atoms with Gasteiger partial charge < -0.3 is 19.7 Å². The Bertz CT molecular complexity index is 703. The number of guanidine groups is 1. The fourth-order valence-electron chi connectivity index (χ4n) is 2.66. The summed E-state index contributed by atoms with van der Waals surface area (Å²) in [7, 11) is 1.50. The molecule has 0 aliphatic carbocycles. The number of rotatable bonds is 3. The van der Waals surface area contributed by atoms with Crippen molar-refractivity contribution in [3.63, 3.8) is 0 Å². The molecule has 2 heterocycles. The summed E-state index contributed by atoms with van der Waals surface area (Å²) in [4.78, 5) is 30.9. The van der Waals surface area contributed by atoms with Crippen LogP contribution in [0.25, 0.3) is 0 Å². The number of carbonyl (C=O) groups is 2. The molecule has 1 aromatic rings. The quantitative estimate of drug-likeness (QED) is 0.828. The lowest BCUT2D eigenvalue weighted by molar-refractivity contribution is -0.125. The normalized spacial score (nSPS) is 20.6. The number of anilines is 1. The predicted octanol–water partition coefficient (Wildman–Crippen LogP) is 0.864. The van der Waals surface area contributed by atoms with E-state index in [2.05, 4.69) is 15.6 Å². The van der Waals surface area contributed by atoms with Crippen molar-refractivity contribution in [3.05, 3.63) is 23.2 Å². The van der Waals surface area contributed by atoms with E-state index in [-0.39, 0.29) is 18.2 Å². The monoisotopic (exact) mass is 366 g/mol. The van der Waals surface area contributed by atoms with Crippen molar-refractivity contribution in [2.75, 3.05) is 38.7 Å². The summed E-state index contributed by atoms with van der Waals surface area (Å²) in [5, 5.41) is 5.93. The van der Waals surface area contributed by atoms with E-state index in [1.165, 1.54) is 7.11 Å². The van der Waals surface area contributed by atoms with Crippen LogP contribution < -0.4 is 15.4 Å². The Balaban J connectivity index is 1.76. The molecule has 1 atom stereocenters. The summed E-state index contributed by atoms with van der Waals surface area (Å²) in [5.41, 5.74) is 0.439. The van der Waals surface area contributed by atoms with Gasteiger partial charge in [0, 0.05) is 18.1 Å². The van der Waals surface area contributed by atoms with Crippen LogP contribution in [0, 0.1) is 0 Å². The lowest BCUT2D eigenvalue weighted by Crippen LogP contribution is -2.53. The second-order valence-electron chi connectivity index (χ2n) is 5.65. The second kappa shape index (κ2) is 7.71. The third-order valence-corrected chi connectivity index (χ3v) is 4.18. The van der Waals surface area contributed by atoms with Crippen LogP contribution in [0.15, 0.2) is 23.2 Å². The molecule has 1 saturated heterocycles. The number of hydrogen-bond acceptors (Lipinski definition) is 6. The van der Waals surface area contributed by atoms with Gasteiger partial charge in [-0.3, -0.25) is 14.9 Å². The highest BCUT2D eigenvalue weighted by atomic mass is 35.5. The van der Waals surface area contributed by atoms with Gasteiger partial charge in [0.25, 0.3) is 0 Å². The summed E-state index contributed by atoms with van der Waals surface area (Å²) in [6.07, 6.45) is -0.0114. The minimum atomic E-state index is -0.810. The molecular weight excluding hydrogens is 348 g/mol. The molecular formula is C16H19ClN4O4. The fourth-order valence-corrected chi connectivity index (χ4v) is 2.83. The topological polar surface area (TPSA) is 92.3 Å². The number of benzene rings is 1. The first-order chi connectivity index (χ1) is 12.1. The molecule has 3 rings (SSSR count). The number of nitrogens with zero attached hydrogens (tertiary/aromatic N) is 2. The maximum Gasteiger partial charge on any atom is 0.249 e. The van der Waals surface area contributed by atoms with Crippen LogP contribution >= 0.6 is 11.6 Å². The first-order valence-electron chi connectivity index (χ1n) is 7.91. The van der Waals surface area contributed by atoms with Gasteiger partial charge in [-0.05, 0) is 18.2 Å². The van der Waals surface area contributed by atoms with Gasteiger partial charge in [-0.2, -0.15) is 0 Å². The zero-order valence-corrected chi connectivity index (χ0v) is 14.5. The Labute approximate surface area is 150 Å². The number of hydrogen-bond donors (Lipinski definition) is 2. The van der Waals surface area contributed by atoms with Crippen LogP contribution in [0.5, 0.6) is 5.75 Å². The van der Waals surface area contributed by atoms with Gasteiger partial charge in [0.1, 0.15) is 11.8 Å². The van der Waals surface area contributed by atoms with Crippen LogP contribution in [-0.2, 0) is 14.3 Å². The van der Waals surface area contributed by atoms with Gasteiger partial charge in [0.15, 0.2) is 0 Å². The number of morpholine rings is 1. The van der Waals surface area contributed by atoms with Gasteiger partial charge >= 0.3 is 0 Å². The van der Waals surface area contributed by atoms with E-state index >= 15 is 0 Å². The molecule has 2 aliphatic rings. The van der Waals surface area contributed by atoms with Crippen molar-refractivity contribution in [2.24, 2.45) is 4.99 Å². The molecule has 134 valence electrons. The maximum absolute atomic E-state index is 12.6. The van der Waals surface area contributed by atoms with Gasteiger partial charge in [-0.15, -0.1) is 0 Å². The Hall–Kier alpha value is -2.32. The Morgan fingerprint density at radius 3 is 2.92 bits per heavy atom. The van der Waals surface area contributed by atoms with Crippen molar-refractivity contribution in [1.82, 2.24) is 10.2 Å². The van der Waals surface area contributed by atoms with E-state index in [4.69, 9.17) is 21.1 Å². The van der Waals surface area contributed by atoms with Crippen molar-refractivity contribution in [1.29, 1.82) is 0 Å². The standard InChI is InChI=1S/C16H19ClN4O4/c1-24-13-3-2-10(17)8-11(13)18-15(23)12-9-14(22)20-16(19-12)21-4-6-25-7-5-21/h2-3,8,12H,4-7,9H2,1H3,(H,18,23)(H,19,20,22). The van der Waals surface area contributed by atoms with E-state index in [9.17, 15) is 9.59 Å². The van der Waals surface area contributed by atoms with Crippen LogP contribution in [0.3, 0.4) is 0 Å². The third kappa shape index (κ3) is 4.21. The molecule has 0 radical (unpaired) electrons. The van der Waals surface area contributed by atoms with Crippen molar-refractivity contribution in [3.8, 4) is 5.75 Å². The summed E-state index contributed by atoms with van der Waals surface area (Å²) >= 11 is 5.97. The summed E-state index contributed by atoms with van der Waals surface area (Å²) in [6, 6.07) is 4.11. The van der Waals surface area contributed by atoms with Crippen LogP contribution in [0.1, 0.15) is 6.42 Å². The summed E-state index contributed by atoms with van der Waals surface area (Å²) in [6.45, 7) is 2.36. The maximum atomic E-state index is 12.6. The number of ether oxygens (including phenoxy) is 2. The lowest BCUT2D eigenvalue weighted by Gasteiger charge is -2.32. The van der Waals surface area contributed by atoms with Gasteiger partial charge in [-0.1, -0.05) is 11.6 Å². The van der Waals surface area contributed by atoms with Crippen LogP contribution in [0.4, 0.5) is 5.69 Å². The zero-order valence-electron chi connectivity index (χ0n) is 13.8. The number of amides is 2. The fraction of sp³-hybridized carbons (Fsp3) is 0.438. The molecule has 1 aromatic carbocycles. The minimum Gasteiger partial charge on any atom is -0.495 e. The van der Waals surface area contributed by atoms with Crippen LogP contribution in [0.2, 0.25) is 5.02 Å². The van der Waals surface area contributed by atoms with E-state index in [1.807, 2.05) is 4.90 Å². The first kappa shape index (κ1) is 17.5. The van der Waals surface area contributed by atoms with Crippen molar-refractivity contribution in [2.45, 2.75) is 12.5 Å². The summed E-state index contributed by atoms with van der Waals surface area (Å²) < 4.78 is 10.5. The SMILES string of the molecule is COc1ccc(Cl)cc1NC(=O)C1CC(=O)NC(N2CCOCC2)=N1. The van der Waals surface area contributed by atoms with Gasteiger partial charge in [0.05, 0.1) is 32.4 Å². The largest absolute Gasteiger partial charge is 0.495 e. The Morgan fingerprint density at radius 1 is 1.44 bits per heavy atom. The van der Waals surface area contributed by atoms with E-state index in [0.717, 1.165) is 0 Å². The predicted molar refractivity (Wildman–Crippen MR) is 93.0 cm³/mol. The molecule has 2 N–H and O–H groups in total. The Kier molecular flexibility index (Phi) is 5.40. The average molecular weight is 367 g/mol. The molecule has 0 bridgehead atoms. The van der Waals surface area contributed by atoms with E-state index < -0.39 is 6.04 Å². The first-order valence-corrected chi connectivity index (χ1v) is 8.29. The molecule has 0 aromatic heterocycles. The molecule has 1 unspecified atom stereocenters. The third-order valence-electron chi connectivity index (χ3n) is 3.94. The van der Waals surface area contributed by atoms with E-state index in [1.54, 1.807) is 18.2 Å². The molecule has 1 fully saturated rings. The van der Waals surface area contributed by atoms with Gasteiger partial charge in [-0.25, -0.2) is 4.99 Å². The average Bonchev–Trinajstić information content (AvgIpc) is 2.62. The second-order valence-corrected chi connectivity index (χ2v) is 6.09. The van der Waals surface area contributed by atoms with Crippen molar-refractivity contribution < 1.29 is 19.1 Å². The zero-order chi connectivity index (χ0) is 17.8. The van der Waals surface area contributed by atoms with E-state index in [0.29, 0.717) is 48.7 Å². The molecule has 25 heavy (non-hydrogen) atoms. The number of aliphatic imine (C=N–C) groups is 1. The highest BCUT2D eigenvalue weighted by molar-refractivity contribution is 6.31. The highest BCUT2D eigenvalue weighted by Crippen LogP contribution is 2.28. The van der Waals surface area contributed by atoms with Crippen molar-refractivity contribution >= 4 is 35.1 Å². The minimum absolute atomic E-state index is 0.0114. The summed E-state index contributed by atoms with van der Waals surface area (Å²) in [5.74, 6) is 0.268. The Morgan fingerprint density at radius 2 is 2.20 bits per heavy atom. The number of methoxy groups -OCH3 is 1. The van der Waals surface area contributed by atoms with Gasteiger partial charge in [0.2, 0.25) is 17.8 Å². The molecule has 2 aliphatic heterocycles. The molecule has 9 heteroatoms. The smallest absolute Gasteiger partial charge is 0.249 e. The number of halogens is 1. The molecule has 2 amide bonds. The molecule has 0 spiro atoms. The lowest BCUT2D eigenvalue weighted by atomic mass is 10.1. The molecule has 0 saturated carbocycles.